The Hall–Kier alpha value is -1.55. The summed E-state index contributed by atoms with van der Waals surface area (Å²) in [5, 5.41) is 0.899. The van der Waals surface area contributed by atoms with E-state index in [4.69, 9.17) is 5.73 Å². The van der Waals surface area contributed by atoms with Crippen LogP contribution in [0.15, 0.2) is 52.8 Å². The van der Waals surface area contributed by atoms with Gasteiger partial charge in [0.25, 0.3) is 0 Å². The zero-order chi connectivity index (χ0) is 9.80. The summed E-state index contributed by atoms with van der Waals surface area (Å²) in [6, 6.07) is 7.51. The fourth-order valence-electron chi connectivity index (χ4n) is 1.01. The maximum atomic E-state index is 5.65. The monoisotopic (exact) mass is 203 g/mol. The Kier molecular flexibility index (Phi) is 2.65. The summed E-state index contributed by atoms with van der Waals surface area (Å²) in [5.74, 6) is 0. The summed E-state index contributed by atoms with van der Waals surface area (Å²) in [5.41, 5.74) is 6.38. The molecule has 0 atom stereocenters. The molecule has 70 valence electrons. The molecule has 2 aromatic rings. The number of hydrogen-bond donors (Lipinski definition) is 1. The van der Waals surface area contributed by atoms with E-state index in [2.05, 4.69) is 9.97 Å². The molecule has 0 aromatic carbocycles. The molecule has 2 N–H and O–H groups in total. The van der Waals surface area contributed by atoms with Crippen LogP contribution in [0.1, 0.15) is 0 Å². The summed E-state index contributed by atoms with van der Waals surface area (Å²) in [6.45, 7) is 0. The van der Waals surface area contributed by atoms with Crippen molar-refractivity contribution in [3.05, 3.63) is 42.9 Å². The SMILES string of the molecule is Nc1ccnc(Sc2ccncc2)c1. The van der Waals surface area contributed by atoms with Crippen LogP contribution in [0, 0.1) is 0 Å². The zero-order valence-corrected chi connectivity index (χ0v) is 8.24. The van der Waals surface area contributed by atoms with Gasteiger partial charge in [-0.15, -0.1) is 0 Å². The molecule has 0 aliphatic rings. The molecule has 0 spiro atoms. The standard InChI is InChI=1S/C10H9N3S/c11-8-1-6-13-10(7-8)14-9-2-4-12-5-3-9/h1-7H,(H2,11,13). The highest BCUT2D eigenvalue weighted by Gasteiger charge is 1.97. The van der Waals surface area contributed by atoms with Crippen LogP contribution in [0.4, 0.5) is 5.69 Å². The van der Waals surface area contributed by atoms with E-state index in [-0.39, 0.29) is 0 Å². The molecular formula is C10H9N3S. The number of rotatable bonds is 2. The van der Waals surface area contributed by atoms with E-state index in [1.54, 1.807) is 36.4 Å². The molecule has 2 rings (SSSR count). The van der Waals surface area contributed by atoms with Gasteiger partial charge in [-0.05, 0) is 24.3 Å². The smallest absolute Gasteiger partial charge is 0.103 e. The molecule has 14 heavy (non-hydrogen) atoms. The highest BCUT2D eigenvalue weighted by molar-refractivity contribution is 7.99. The predicted octanol–water partition coefficient (Wildman–Crippen LogP) is 2.21. The lowest BCUT2D eigenvalue weighted by molar-refractivity contribution is 1.13. The summed E-state index contributed by atoms with van der Waals surface area (Å²) >= 11 is 1.57. The second-order valence-electron chi connectivity index (χ2n) is 2.71. The molecule has 3 nitrogen and oxygen atoms in total. The highest BCUT2D eigenvalue weighted by atomic mass is 32.2. The summed E-state index contributed by atoms with van der Waals surface area (Å²) in [7, 11) is 0. The molecule has 2 aromatic heterocycles. The number of anilines is 1. The van der Waals surface area contributed by atoms with Crippen molar-refractivity contribution < 1.29 is 0 Å². The van der Waals surface area contributed by atoms with Gasteiger partial charge in [0.15, 0.2) is 0 Å². The Morgan fingerprint density at radius 3 is 2.57 bits per heavy atom. The van der Waals surface area contributed by atoms with Gasteiger partial charge in [0.2, 0.25) is 0 Å². The lowest BCUT2D eigenvalue weighted by Gasteiger charge is -2.00. The Bertz CT molecular complexity index is 417. The Morgan fingerprint density at radius 2 is 1.86 bits per heavy atom. The third-order valence-corrected chi connectivity index (χ3v) is 2.57. The largest absolute Gasteiger partial charge is 0.399 e. The first-order valence-electron chi connectivity index (χ1n) is 4.14. The van der Waals surface area contributed by atoms with Crippen molar-refractivity contribution in [2.45, 2.75) is 9.92 Å². The minimum absolute atomic E-state index is 0.733. The van der Waals surface area contributed by atoms with Crippen molar-refractivity contribution in [2.24, 2.45) is 0 Å². The maximum Gasteiger partial charge on any atom is 0.103 e. The van der Waals surface area contributed by atoms with Crippen molar-refractivity contribution in [3.8, 4) is 0 Å². The van der Waals surface area contributed by atoms with Crippen molar-refractivity contribution >= 4 is 17.4 Å². The van der Waals surface area contributed by atoms with Gasteiger partial charge >= 0.3 is 0 Å². The molecule has 0 aliphatic heterocycles. The number of nitrogen functional groups attached to an aromatic ring is 1. The Balaban J connectivity index is 2.19. The highest BCUT2D eigenvalue weighted by Crippen LogP contribution is 2.25. The van der Waals surface area contributed by atoms with Crippen LogP contribution in [-0.2, 0) is 0 Å². The van der Waals surface area contributed by atoms with Gasteiger partial charge in [-0.2, -0.15) is 0 Å². The number of pyridine rings is 2. The molecule has 0 unspecified atom stereocenters. The van der Waals surface area contributed by atoms with Crippen LogP contribution in [0.3, 0.4) is 0 Å². The quantitative estimate of drug-likeness (QED) is 0.813. The van der Waals surface area contributed by atoms with Gasteiger partial charge in [0, 0.05) is 29.2 Å². The van der Waals surface area contributed by atoms with Crippen LogP contribution in [0.2, 0.25) is 0 Å². The van der Waals surface area contributed by atoms with Crippen molar-refractivity contribution in [3.63, 3.8) is 0 Å². The fourth-order valence-corrected chi connectivity index (χ4v) is 1.82. The minimum Gasteiger partial charge on any atom is -0.399 e. The van der Waals surface area contributed by atoms with Gasteiger partial charge in [-0.3, -0.25) is 4.98 Å². The topological polar surface area (TPSA) is 51.8 Å². The third kappa shape index (κ3) is 2.23. The van der Waals surface area contributed by atoms with Gasteiger partial charge < -0.3 is 5.73 Å². The van der Waals surface area contributed by atoms with Crippen molar-refractivity contribution in [1.82, 2.24) is 9.97 Å². The van der Waals surface area contributed by atoms with Gasteiger partial charge in [0.1, 0.15) is 5.03 Å². The maximum absolute atomic E-state index is 5.65. The molecule has 0 saturated heterocycles. The number of nitrogens with two attached hydrogens (primary N) is 1. The lowest BCUT2D eigenvalue weighted by Crippen LogP contribution is -1.86. The zero-order valence-electron chi connectivity index (χ0n) is 7.42. The van der Waals surface area contributed by atoms with E-state index in [0.717, 1.165) is 15.6 Å². The van der Waals surface area contributed by atoms with Crippen LogP contribution in [0.25, 0.3) is 0 Å². The normalized spacial score (nSPS) is 10.0. The molecule has 0 fully saturated rings. The van der Waals surface area contributed by atoms with E-state index in [0.29, 0.717) is 0 Å². The van der Waals surface area contributed by atoms with E-state index >= 15 is 0 Å². The second-order valence-corrected chi connectivity index (χ2v) is 3.81. The number of nitrogens with zero attached hydrogens (tertiary/aromatic N) is 2. The Labute approximate surface area is 86.4 Å². The van der Waals surface area contributed by atoms with Crippen LogP contribution in [0.5, 0.6) is 0 Å². The van der Waals surface area contributed by atoms with Gasteiger partial charge in [-0.1, -0.05) is 11.8 Å². The molecule has 0 bridgehead atoms. The first-order valence-corrected chi connectivity index (χ1v) is 4.95. The van der Waals surface area contributed by atoms with E-state index in [1.807, 2.05) is 18.2 Å². The molecule has 0 saturated carbocycles. The average Bonchev–Trinajstić information content (AvgIpc) is 2.19. The van der Waals surface area contributed by atoms with Crippen LogP contribution < -0.4 is 5.73 Å². The average molecular weight is 203 g/mol. The first-order chi connectivity index (χ1) is 6.84. The van der Waals surface area contributed by atoms with Gasteiger partial charge in [0.05, 0.1) is 0 Å². The fraction of sp³-hybridized carbons (Fsp3) is 0. The molecule has 0 aliphatic carbocycles. The summed E-state index contributed by atoms with van der Waals surface area (Å²) in [6.07, 6.45) is 5.22. The first kappa shape index (κ1) is 9.02. The van der Waals surface area contributed by atoms with Crippen LogP contribution in [-0.4, -0.2) is 9.97 Å². The Morgan fingerprint density at radius 1 is 1.07 bits per heavy atom. The second kappa shape index (κ2) is 4.11. The van der Waals surface area contributed by atoms with Crippen LogP contribution >= 0.6 is 11.8 Å². The molecule has 2 heterocycles. The van der Waals surface area contributed by atoms with E-state index in [1.165, 1.54) is 0 Å². The minimum atomic E-state index is 0.733. The number of hydrogen-bond acceptors (Lipinski definition) is 4. The molecular weight excluding hydrogens is 194 g/mol. The molecule has 4 heteroatoms. The predicted molar refractivity (Wildman–Crippen MR) is 57.0 cm³/mol. The van der Waals surface area contributed by atoms with E-state index < -0.39 is 0 Å². The van der Waals surface area contributed by atoms with Crippen molar-refractivity contribution in [1.29, 1.82) is 0 Å². The lowest BCUT2D eigenvalue weighted by atomic mass is 10.4. The molecule has 0 amide bonds. The van der Waals surface area contributed by atoms with Gasteiger partial charge in [-0.25, -0.2) is 4.98 Å². The summed E-state index contributed by atoms with van der Waals surface area (Å²) < 4.78 is 0. The molecule has 0 radical (unpaired) electrons. The van der Waals surface area contributed by atoms with Crippen molar-refractivity contribution in [2.75, 3.05) is 5.73 Å². The van der Waals surface area contributed by atoms with E-state index in [9.17, 15) is 0 Å². The summed E-state index contributed by atoms with van der Waals surface area (Å²) in [4.78, 5) is 9.25. The third-order valence-electron chi connectivity index (χ3n) is 1.63. The number of aromatic nitrogens is 2.